The first kappa shape index (κ1) is 15.6. The minimum Gasteiger partial charge on any atom is -0.329 e. The Morgan fingerprint density at radius 2 is 1.72 bits per heavy atom. The molecule has 0 spiro atoms. The number of nitrogens with two attached hydrogens (primary N) is 1. The zero-order chi connectivity index (χ0) is 13.6. The Balaban J connectivity index is 2.55. The molecule has 0 aliphatic heterocycles. The monoisotopic (exact) mass is 275 g/mol. The van der Waals surface area contributed by atoms with Gasteiger partial charge < -0.3 is 5.73 Å². The second-order valence-corrected chi connectivity index (χ2v) is 7.82. The van der Waals surface area contributed by atoms with E-state index < -0.39 is 9.84 Å². The fraction of sp³-hybridized carbons (Fsp3) is 0.923. The number of Topliss-reactive ketones (excluding diaryl/α,β-unsaturated/α-hetero) is 1. The molecule has 106 valence electrons. The number of carbonyl (C=O) groups excluding carboxylic acids is 1. The van der Waals surface area contributed by atoms with Crippen molar-refractivity contribution in [2.45, 2.75) is 51.4 Å². The Bertz CT molecular complexity index is 368. The van der Waals surface area contributed by atoms with Crippen LogP contribution in [0.3, 0.4) is 0 Å². The number of hydrogen-bond donors (Lipinski definition) is 1. The molecule has 0 heterocycles. The van der Waals surface area contributed by atoms with Crippen molar-refractivity contribution in [2.75, 3.05) is 18.6 Å². The van der Waals surface area contributed by atoms with Crippen LogP contribution in [0.1, 0.15) is 51.4 Å². The first-order valence-electron chi connectivity index (χ1n) is 6.81. The molecule has 0 atom stereocenters. The normalized spacial score (nSPS) is 20.3. The van der Waals surface area contributed by atoms with E-state index in [9.17, 15) is 13.2 Å². The van der Waals surface area contributed by atoms with E-state index in [1.54, 1.807) is 0 Å². The summed E-state index contributed by atoms with van der Waals surface area (Å²) in [5.74, 6) is 0.273. The van der Waals surface area contributed by atoms with Gasteiger partial charge in [0.1, 0.15) is 15.6 Å². The molecule has 0 unspecified atom stereocenters. The first-order valence-corrected chi connectivity index (χ1v) is 8.87. The van der Waals surface area contributed by atoms with Crippen LogP contribution in [0.5, 0.6) is 0 Å². The van der Waals surface area contributed by atoms with Gasteiger partial charge in [-0.25, -0.2) is 8.42 Å². The molecule has 0 amide bonds. The van der Waals surface area contributed by atoms with Gasteiger partial charge in [-0.05, 0) is 19.3 Å². The van der Waals surface area contributed by atoms with Crippen molar-refractivity contribution in [3.8, 4) is 0 Å². The molecule has 1 rings (SSSR count). The molecular formula is C13H25NO3S. The van der Waals surface area contributed by atoms with Crippen LogP contribution in [-0.4, -0.2) is 32.8 Å². The molecule has 1 aliphatic rings. The average molecular weight is 275 g/mol. The van der Waals surface area contributed by atoms with Crippen molar-refractivity contribution in [1.29, 1.82) is 0 Å². The smallest absolute Gasteiger partial charge is 0.147 e. The summed E-state index contributed by atoms with van der Waals surface area (Å²) in [5.41, 5.74) is 5.46. The van der Waals surface area contributed by atoms with Crippen LogP contribution in [0, 0.1) is 5.41 Å². The summed E-state index contributed by atoms with van der Waals surface area (Å²) in [6, 6.07) is 0. The van der Waals surface area contributed by atoms with Crippen LogP contribution in [0.15, 0.2) is 0 Å². The average Bonchev–Trinajstić information content (AvgIpc) is 2.53. The highest BCUT2D eigenvalue weighted by Crippen LogP contribution is 2.36. The standard InChI is InChI=1S/C13H25NO3S/c1-18(16,17)10-6-7-12(15)13(11-14)8-4-2-3-5-9-13/h2-11,14H2,1H3. The van der Waals surface area contributed by atoms with Gasteiger partial charge in [-0.1, -0.05) is 25.7 Å². The molecule has 1 aliphatic carbocycles. The molecule has 0 saturated heterocycles. The third-order valence-electron chi connectivity index (χ3n) is 3.96. The van der Waals surface area contributed by atoms with E-state index in [1.807, 2.05) is 0 Å². The topological polar surface area (TPSA) is 77.2 Å². The molecule has 4 nitrogen and oxygen atoms in total. The molecule has 0 bridgehead atoms. The van der Waals surface area contributed by atoms with Gasteiger partial charge in [0.15, 0.2) is 0 Å². The minimum atomic E-state index is -2.97. The number of carbonyl (C=O) groups is 1. The Hall–Kier alpha value is -0.420. The second-order valence-electron chi connectivity index (χ2n) is 5.56. The van der Waals surface area contributed by atoms with Gasteiger partial charge in [-0.3, -0.25) is 4.79 Å². The predicted molar refractivity (Wildman–Crippen MR) is 73.1 cm³/mol. The van der Waals surface area contributed by atoms with Crippen molar-refractivity contribution in [1.82, 2.24) is 0 Å². The zero-order valence-corrected chi connectivity index (χ0v) is 12.1. The highest BCUT2D eigenvalue weighted by atomic mass is 32.2. The number of sulfone groups is 1. The third kappa shape index (κ3) is 4.69. The quantitative estimate of drug-likeness (QED) is 0.748. The Morgan fingerprint density at radius 3 is 2.17 bits per heavy atom. The summed E-state index contributed by atoms with van der Waals surface area (Å²) in [6.07, 6.45) is 8.23. The van der Waals surface area contributed by atoms with Gasteiger partial charge in [0.05, 0.1) is 5.75 Å². The molecule has 0 aromatic heterocycles. The minimum absolute atomic E-state index is 0.0966. The molecule has 1 fully saturated rings. The van der Waals surface area contributed by atoms with Crippen LogP contribution in [-0.2, 0) is 14.6 Å². The van der Waals surface area contributed by atoms with E-state index >= 15 is 0 Å². The maximum absolute atomic E-state index is 12.3. The molecule has 18 heavy (non-hydrogen) atoms. The van der Waals surface area contributed by atoms with Gasteiger partial charge in [-0.15, -0.1) is 0 Å². The van der Waals surface area contributed by atoms with Crippen molar-refractivity contribution in [2.24, 2.45) is 11.1 Å². The fourth-order valence-corrected chi connectivity index (χ4v) is 3.43. The van der Waals surface area contributed by atoms with Gasteiger partial charge in [0.2, 0.25) is 0 Å². The maximum atomic E-state index is 12.3. The Morgan fingerprint density at radius 1 is 1.17 bits per heavy atom. The third-order valence-corrected chi connectivity index (χ3v) is 4.99. The van der Waals surface area contributed by atoms with Crippen molar-refractivity contribution in [3.05, 3.63) is 0 Å². The van der Waals surface area contributed by atoms with E-state index in [-0.39, 0.29) is 17.0 Å². The van der Waals surface area contributed by atoms with Gasteiger partial charge >= 0.3 is 0 Å². The van der Waals surface area contributed by atoms with E-state index in [2.05, 4.69) is 0 Å². The van der Waals surface area contributed by atoms with Gasteiger partial charge in [-0.2, -0.15) is 0 Å². The molecule has 5 heteroatoms. The summed E-state index contributed by atoms with van der Waals surface area (Å²) in [6.45, 7) is 0.407. The lowest BCUT2D eigenvalue weighted by molar-refractivity contribution is -0.129. The Kier molecular flexibility index (Phi) is 5.79. The predicted octanol–water partition coefficient (Wildman–Crippen LogP) is 1.68. The summed E-state index contributed by atoms with van der Waals surface area (Å²) in [5, 5.41) is 0. The molecule has 0 aromatic carbocycles. The SMILES string of the molecule is CS(=O)(=O)CCCC(=O)C1(CN)CCCCCC1. The summed E-state index contributed by atoms with van der Waals surface area (Å²) in [7, 11) is -2.97. The summed E-state index contributed by atoms with van der Waals surface area (Å²) >= 11 is 0. The lowest BCUT2D eigenvalue weighted by Gasteiger charge is -2.29. The van der Waals surface area contributed by atoms with Gasteiger partial charge in [0, 0.05) is 24.6 Å². The Labute approximate surface area is 110 Å². The number of ketones is 1. The highest BCUT2D eigenvalue weighted by Gasteiger charge is 2.36. The lowest BCUT2D eigenvalue weighted by atomic mass is 9.75. The van der Waals surface area contributed by atoms with Crippen molar-refractivity contribution < 1.29 is 13.2 Å². The molecule has 0 radical (unpaired) electrons. The van der Waals surface area contributed by atoms with E-state index in [0.29, 0.717) is 19.4 Å². The van der Waals surface area contributed by atoms with Crippen LogP contribution in [0.4, 0.5) is 0 Å². The van der Waals surface area contributed by atoms with E-state index in [4.69, 9.17) is 5.73 Å². The molecule has 0 aromatic rings. The zero-order valence-electron chi connectivity index (χ0n) is 11.3. The fourth-order valence-electron chi connectivity index (χ4n) is 2.76. The van der Waals surface area contributed by atoms with Crippen molar-refractivity contribution >= 4 is 15.6 Å². The van der Waals surface area contributed by atoms with Crippen LogP contribution in [0.25, 0.3) is 0 Å². The van der Waals surface area contributed by atoms with Crippen molar-refractivity contribution in [3.63, 3.8) is 0 Å². The van der Waals surface area contributed by atoms with E-state index in [0.717, 1.165) is 25.7 Å². The largest absolute Gasteiger partial charge is 0.329 e. The van der Waals surface area contributed by atoms with Crippen LogP contribution >= 0.6 is 0 Å². The summed E-state index contributed by atoms with van der Waals surface area (Å²) < 4.78 is 22.1. The van der Waals surface area contributed by atoms with E-state index in [1.165, 1.54) is 19.1 Å². The maximum Gasteiger partial charge on any atom is 0.147 e. The highest BCUT2D eigenvalue weighted by molar-refractivity contribution is 7.90. The molecule has 2 N–H and O–H groups in total. The van der Waals surface area contributed by atoms with Crippen LogP contribution in [0.2, 0.25) is 0 Å². The molecular weight excluding hydrogens is 250 g/mol. The lowest BCUT2D eigenvalue weighted by Crippen LogP contribution is -2.38. The second kappa shape index (κ2) is 6.66. The number of hydrogen-bond acceptors (Lipinski definition) is 4. The first-order chi connectivity index (χ1) is 8.40. The van der Waals surface area contributed by atoms with Gasteiger partial charge in [0.25, 0.3) is 0 Å². The molecule has 1 saturated carbocycles. The summed E-state index contributed by atoms with van der Waals surface area (Å²) in [4.78, 5) is 12.3. The van der Waals surface area contributed by atoms with Crippen LogP contribution < -0.4 is 5.73 Å². The number of rotatable bonds is 6.